The minimum atomic E-state index is -0.745. The van der Waals surface area contributed by atoms with Gasteiger partial charge < -0.3 is 15.2 Å². The van der Waals surface area contributed by atoms with Gasteiger partial charge in [-0.2, -0.15) is 0 Å². The van der Waals surface area contributed by atoms with E-state index < -0.39 is 12.0 Å². The number of morpholine rings is 1. The van der Waals surface area contributed by atoms with Crippen molar-refractivity contribution in [3.05, 3.63) is 0 Å². The van der Waals surface area contributed by atoms with Gasteiger partial charge >= 0.3 is 5.97 Å². The smallest absolute Gasteiger partial charge is 0.322 e. The summed E-state index contributed by atoms with van der Waals surface area (Å²) in [6.45, 7) is 4.90. The molecule has 2 aliphatic rings. The second-order valence-corrected chi connectivity index (χ2v) is 4.75. The second-order valence-electron chi connectivity index (χ2n) is 4.75. The highest BCUT2D eigenvalue weighted by molar-refractivity contribution is 5.73. The van der Waals surface area contributed by atoms with E-state index >= 15 is 0 Å². The largest absolute Gasteiger partial charge is 0.480 e. The minimum Gasteiger partial charge on any atom is -0.480 e. The van der Waals surface area contributed by atoms with Crippen LogP contribution >= 0.6 is 0 Å². The molecule has 1 heterocycles. The molecule has 5 nitrogen and oxygen atoms in total. The van der Waals surface area contributed by atoms with Crippen molar-refractivity contribution in [1.82, 2.24) is 10.2 Å². The Morgan fingerprint density at radius 2 is 2.38 bits per heavy atom. The van der Waals surface area contributed by atoms with Gasteiger partial charge in [-0.25, -0.2) is 0 Å². The topological polar surface area (TPSA) is 61.8 Å². The Balaban J connectivity index is 1.85. The van der Waals surface area contributed by atoms with Crippen LogP contribution < -0.4 is 5.32 Å². The van der Waals surface area contributed by atoms with Gasteiger partial charge in [0, 0.05) is 25.2 Å². The number of nitrogens with zero attached hydrogens (tertiary/aromatic N) is 1. The van der Waals surface area contributed by atoms with E-state index in [9.17, 15) is 4.79 Å². The summed E-state index contributed by atoms with van der Waals surface area (Å²) in [4.78, 5) is 13.3. The van der Waals surface area contributed by atoms with Gasteiger partial charge in [-0.15, -0.1) is 0 Å². The molecule has 0 spiro atoms. The van der Waals surface area contributed by atoms with Crippen LogP contribution in [0, 0.1) is 0 Å². The first-order chi connectivity index (χ1) is 7.66. The van der Waals surface area contributed by atoms with Gasteiger partial charge in [-0.3, -0.25) is 9.69 Å². The lowest BCUT2D eigenvalue weighted by molar-refractivity contribution is -0.140. The third-order valence-electron chi connectivity index (χ3n) is 3.23. The number of carboxylic acid groups (broad SMARTS) is 1. The quantitative estimate of drug-likeness (QED) is 0.689. The molecule has 2 atom stereocenters. The fourth-order valence-electron chi connectivity index (χ4n) is 2.00. The number of nitrogens with one attached hydrogen (secondary N) is 1. The third kappa shape index (κ3) is 3.17. The predicted octanol–water partition coefficient (Wildman–Crippen LogP) is -0.0877. The Hall–Kier alpha value is -0.650. The zero-order valence-electron chi connectivity index (χ0n) is 9.69. The van der Waals surface area contributed by atoms with Crippen LogP contribution in [0.1, 0.15) is 19.8 Å². The zero-order valence-corrected chi connectivity index (χ0v) is 9.69. The van der Waals surface area contributed by atoms with Crippen LogP contribution in [0.2, 0.25) is 0 Å². The highest BCUT2D eigenvalue weighted by atomic mass is 16.5. The Kier molecular flexibility index (Phi) is 3.78. The van der Waals surface area contributed by atoms with Gasteiger partial charge in [0.2, 0.25) is 0 Å². The first kappa shape index (κ1) is 11.8. The molecule has 0 aromatic carbocycles. The summed E-state index contributed by atoms with van der Waals surface area (Å²) in [6.07, 6.45) is 2.23. The van der Waals surface area contributed by atoms with Crippen molar-refractivity contribution >= 4 is 5.97 Å². The van der Waals surface area contributed by atoms with Crippen molar-refractivity contribution in [1.29, 1.82) is 0 Å². The van der Waals surface area contributed by atoms with Crippen molar-refractivity contribution in [3.63, 3.8) is 0 Å². The second kappa shape index (κ2) is 5.12. The Morgan fingerprint density at radius 1 is 1.62 bits per heavy atom. The molecule has 92 valence electrons. The third-order valence-corrected chi connectivity index (χ3v) is 3.23. The van der Waals surface area contributed by atoms with Crippen LogP contribution in [-0.4, -0.2) is 60.4 Å². The fourth-order valence-corrected chi connectivity index (χ4v) is 2.00. The molecule has 1 saturated heterocycles. The van der Waals surface area contributed by atoms with Gasteiger partial charge in [0.15, 0.2) is 0 Å². The number of rotatable bonds is 5. The molecule has 16 heavy (non-hydrogen) atoms. The lowest BCUT2D eigenvalue weighted by Crippen LogP contribution is -2.53. The first-order valence-corrected chi connectivity index (χ1v) is 5.97. The van der Waals surface area contributed by atoms with Gasteiger partial charge in [0.25, 0.3) is 0 Å². The lowest BCUT2D eigenvalue weighted by Gasteiger charge is -2.35. The molecule has 0 bridgehead atoms. The number of carbonyl (C=O) groups is 1. The van der Waals surface area contributed by atoms with Gasteiger partial charge in [-0.05, 0) is 19.8 Å². The van der Waals surface area contributed by atoms with Crippen LogP contribution in [0.3, 0.4) is 0 Å². The molecule has 1 aliphatic carbocycles. The maximum atomic E-state index is 11.1. The van der Waals surface area contributed by atoms with Gasteiger partial charge in [0.1, 0.15) is 6.04 Å². The predicted molar refractivity (Wildman–Crippen MR) is 59.4 cm³/mol. The highest BCUT2D eigenvalue weighted by Crippen LogP contribution is 2.20. The van der Waals surface area contributed by atoms with E-state index in [0.29, 0.717) is 31.8 Å². The summed E-state index contributed by atoms with van der Waals surface area (Å²) in [5, 5.41) is 12.3. The Morgan fingerprint density at radius 3 is 2.94 bits per heavy atom. The standard InChI is InChI=1S/C11H20N2O3/c1-8-7-16-5-4-13(8)6-10(11(14)15)12-9-2-3-9/h8-10,12H,2-7H2,1H3,(H,14,15). The van der Waals surface area contributed by atoms with E-state index in [1.807, 2.05) is 0 Å². The molecule has 2 unspecified atom stereocenters. The average Bonchev–Trinajstić information content (AvgIpc) is 3.04. The fraction of sp³-hybridized carbons (Fsp3) is 0.909. The Labute approximate surface area is 95.8 Å². The molecule has 5 heteroatoms. The molecule has 2 N–H and O–H groups in total. The molecule has 0 radical (unpaired) electrons. The summed E-state index contributed by atoms with van der Waals surface area (Å²) < 4.78 is 5.34. The zero-order chi connectivity index (χ0) is 11.5. The van der Waals surface area contributed by atoms with Crippen LogP contribution in [0.5, 0.6) is 0 Å². The summed E-state index contributed by atoms with van der Waals surface area (Å²) in [5.41, 5.74) is 0. The minimum absolute atomic E-state index is 0.316. The maximum absolute atomic E-state index is 11.1. The van der Waals surface area contributed by atoms with E-state index in [2.05, 4.69) is 17.1 Å². The molecule has 0 amide bonds. The van der Waals surface area contributed by atoms with E-state index in [4.69, 9.17) is 9.84 Å². The molecule has 1 saturated carbocycles. The normalized spacial score (nSPS) is 28.9. The molecule has 0 aromatic heterocycles. The van der Waals surface area contributed by atoms with Crippen LogP contribution in [-0.2, 0) is 9.53 Å². The molecule has 1 aliphatic heterocycles. The summed E-state index contributed by atoms with van der Waals surface area (Å²) in [7, 11) is 0. The summed E-state index contributed by atoms with van der Waals surface area (Å²) in [5.74, 6) is -0.745. The number of hydrogen-bond acceptors (Lipinski definition) is 4. The van der Waals surface area contributed by atoms with Crippen LogP contribution in [0.15, 0.2) is 0 Å². The molecular weight excluding hydrogens is 208 g/mol. The van der Waals surface area contributed by atoms with Crippen molar-refractivity contribution in [2.75, 3.05) is 26.3 Å². The maximum Gasteiger partial charge on any atom is 0.322 e. The molecule has 0 aromatic rings. The van der Waals surface area contributed by atoms with E-state index in [-0.39, 0.29) is 0 Å². The molecular formula is C11H20N2O3. The van der Waals surface area contributed by atoms with E-state index in [0.717, 1.165) is 19.4 Å². The van der Waals surface area contributed by atoms with Gasteiger partial charge in [0.05, 0.1) is 13.2 Å². The van der Waals surface area contributed by atoms with Crippen molar-refractivity contribution < 1.29 is 14.6 Å². The number of ether oxygens (including phenoxy) is 1. The SMILES string of the molecule is CC1COCCN1CC(NC1CC1)C(=O)O. The number of aliphatic carboxylic acids is 1. The van der Waals surface area contributed by atoms with Crippen LogP contribution in [0.4, 0.5) is 0 Å². The van der Waals surface area contributed by atoms with Crippen molar-refractivity contribution in [2.24, 2.45) is 0 Å². The summed E-state index contributed by atoms with van der Waals surface area (Å²) in [6, 6.07) is 0.307. The number of carboxylic acids is 1. The highest BCUT2D eigenvalue weighted by Gasteiger charge is 2.31. The lowest BCUT2D eigenvalue weighted by atomic mass is 10.2. The van der Waals surface area contributed by atoms with E-state index in [1.165, 1.54) is 0 Å². The van der Waals surface area contributed by atoms with Gasteiger partial charge in [-0.1, -0.05) is 0 Å². The monoisotopic (exact) mass is 228 g/mol. The Bertz CT molecular complexity index is 256. The first-order valence-electron chi connectivity index (χ1n) is 5.97. The molecule has 2 rings (SSSR count). The number of hydrogen-bond donors (Lipinski definition) is 2. The average molecular weight is 228 g/mol. The molecule has 2 fully saturated rings. The van der Waals surface area contributed by atoms with E-state index in [1.54, 1.807) is 0 Å². The van der Waals surface area contributed by atoms with Crippen molar-refractivity contribution in [2.45, 2.75) is 37.9 Å². The summed E-state index contributed by atoms with van der Waals surface area (Å²) >= 11 is 0. The van der Waals surface area contributed by atoms with Crippen LogP contribution in [0.25, 0.3) is 0 Å². The van der Waals surface area contributed by atoms with Crippen molar-refractivity contribution in [3.8, 4) is 0 Å².